The van der Waals surface area contributed by atoms with E-state index in [9.17, 15) is 0 Å². The molecule has 2 heterocycles. The maximum absolute atomic E-state index is 6.93. The van der Waals surface area contributed by atoms with E-state index in [1.807, 2.05) is 31.2 Å². The van der Waals surface area contributed by atoms with Crippen LogP contribution in [-0.2, 0) is 16.2 Å². The van der Waals surface area contributed by atoms with Crippen LogP contribution in [0.5, 0.6) is 11.5 Å². The molecule has 0 aliphatic heterocycles. The van der Waals surface area contributed by atoms with Gasteiger partial charge in [-0.05, 0) is 116 Å². The Morgan fingerprint density at radius 1 is 0.632 bits per heavy atom. The third kappa shape index (κ3) is 5.80. The van der Waals surface area contributed by atoms with Crippen LogP contribution < -0.4 is 4.74 Å². The lowest BCUT2D eigenvalue weighted by atomic mass is 9.67. The normalized spacial score (nSPS) is 15.5. The van der Waals surface area contributed by atoms with Gasteiger partial charge in [0.05, 0.1) is 9.89 Å². The second kappa shape index (κ2) is 13.5. The topological polar surface area (TPSA) is 35.5 Å². The number of para-hydroxylation sites is 1. The average molecular weight is 877 g/mol. The SMILES string of the molecule is C=Cc1oc2c3c(cc(Br)c2c1/C=C\C)C(c1ccc(Oc2ccc(C(C)(C)C)cc2)cc1)(c1ccc(C(C)(C)C)cc1)c1cc(Br)c2oc4ccccc4c2c1-3. The number of fused-ring (bicyclic) bond motifs is 9. The number of halogens is 2. The van der Waals surface area contributed by atoms with E-state index >= 15 is 0 Å². The van der Waals surface area contributed by atoms with Gasteiger partial charge in [-0.15, -0.1) is 0 Å². The van der Waals surface area contributed by atoms with E-state index in [0.29, 0.717) is 0 Å². The zero-order chi connectivity index (χ0) is 40.0. The van der Waals surface area contributed by atoms with E-state index < -0.39 is 5.41 Å². The van der Waals surface area contributed by atoms with Crippen LogP contribution >= 0.6 is 31.9 Å². The maximum Gasteiger partial charge on any atom is 0.150 e. The predicted molar refractivity (Wildman–Crippen MR) is 245 cm³/mol. The zero-order valence-corrected chi connectivity index (χ0v) is 36.5. The van der Waals surface area contributed by atoms with Crippen LogP contribution in [0, 0.1) is 0 Å². The minimum Gasteiger partial charge on any atom is -0.457 e. The van der Waals surface area contributed by atoms with Gasteiger partial charge in [-0.3, -0.25) is 0 Å². The molecule has 1 aliphatic carbocycles. The van der Waals surface area contributed by atoms with Gasteiger partial charge in [0.2, 0.25) is 0 Å². The quantitative estimate of drug-likeness (QED) is 0.167. The Balaban J connectivity index is 1.38. The Morgan fingerprint density at radius 2 is 1.18 bits per heavy atom. The summed E-state index contributed by atoms with van der Waals surface area (Å²) in [5.41, 5.74) is 11.9. The van der Waals surface area contributed by atoms with Crippen LogP contribution in [0.25, 0.3) is 56.2 Å². The van der Waals surface area contributed by atoms with Crippen LogP contribution in [0.3, 0.4) is 0 Å². The zero-order valence-electron chi connectivity index (χ0n) is 33.3. The van der Waals surface area contributed by atoms with E-state index in [1.165, 1.54) is 11.1 Å². The first-order valence-electron chi connectivity index (χ1n) is 19.4. The van der Waals surface area contributed by atoms with Crippen molar-refractivity contribution >= 4 is 76.9 Å². The molecule has 284 valence electrons. The number of hydrogen-bond donors (Lipinski definition) is 0. The van der Waals surface area contributed by atoms with Crippen LogP contribution in [-0.4, -0.2) is 0 Å². The molecular formula is C52H44Br2O3. The Bertz CT molecular complexity index is 2910. The van der Waals surface area contributed by atoms with Gasteiger partial charge in [0.25, 0.3) is 0 Å². The Kier molecular flexibility index (Phi) is 8.87. The number of rotatable bonds is 6. The van der Waals surface area contributed by atoms with Crippen molar-refractivity contribution in [1.82, 2.24) is 0 Å². The van der Waals surface area contributed by atoms with Crippen molar-refractivity contribution in [2.24, 2.45) is 0 Å². The van der Waals surface area contributed by atoms with Gasteiger partial charge < -0.3 is 13.6 Å². The predicted octanol–water partition coefficient (Wildman–Crippen LogP) is 16.3. The summed E-state index contributed by atoms with van der Waals surface area (Å²) in [4.78, 5) is 0. The second-order valence-corrected chi connectivity index (χ2v) is 18.8. The molecule has 0 saturated heterocycles. The molecule has 1 atom stereocenters. The summed E-state index contributed by atoms with van der Waals surface area (Å²) in [5, 5.41) is 3.11. The monoisotopic (exact) mass is 874 g/mol. The molecule has 8 aromatic rings. The highest BCUT2D eigenvalue weighted by Gasteiger charge is 2.50. The Morgan fingerprint density at radius 3 is 1.77 bits per heavy atom. The largest absolute Gasteiger partial charge is 0.457 e. The van der Waals surface area contributed by atoms with Crippen molar-refractivity contribution in [3.05, 3.63) is 175 Å². The number of ether oxygens (including phenoxy) is 1. The third-order valence-corrected chi connectivity index (χ3v) is 12.8. The summed E-state index contributed by atoms with van der Waals surface area (Å²) in [7, 11) is 0. The standard InChI is InChI=1S/C52H44Br2O3/c1-9-13-36-42(10-2)56-49-44(36)40(53)28-39-47(49)46-38(29-41(54)48-45(46)37-14-11-12-15-43(37)57-48)52(39,32-18-16-30(17-19-32)50(3,4)5)33-22-26-35(27-23-33)55-34-24-20-31(21-25-34)51(6,7)8/h9-29H,2H2,1,3-8H3/b13-9-. The van der Waals surface area contributed by atoms with Gasteiger partial charge in [0.15, 0.2) is 0 Å². The molecule has 3 nitrogen and oxygen atoms in total. The van der Waals surface area contributed by atoms with E-state index in [4.69, 9.17) is 13.6 Å². The fourth-order valence-electron chi connectivity index (χ4n) is 8.80. The van der Waals surface area contributed by atoms with E-state index in [1.54, 1.807) is 0 Å². The molecule has 0 amide bonds. The van der Waals surface area contributed by atoms with Crippen LogP contribution in [0.2, 0.25) is 0 Å². The molecule has 1 aliphatic rings. The van der Waals surface area contributed by atoms with Gasteiger partial charge in [-0.1, -0.05) is 143 Å². The van der Waals surface area contributed by atoms with Gasteiger partial charge >= 0.3 is 0 Å². The molecule has 1 unspecified atom stereocenters. The summed E-state index contributed by atoms with van der Waals surface area (Å²) in [5.74, 6) is 2.30. The first-order valence-corrected chi connectivity index (χ1v) is 21.0. The molecule has 0 bridgehead atoms. The fourth-order valence-corrected chi connectivity index (χ4v) is 9.93. The Labute approximate surface area is 351 Å². The molecular weight excluding hydrogens is 832 g/mol. The second-order valence-electron chi connectivity index (χ2n) is 17.1. The lowest BCUT2D eigenvalue weighted by Gasteiger charge is -2.34. The lowest BCUT2D eigenvalue weighted by molar-refractivity contribution is 0.481. The molecule has 6 aromatic carbocycles. The first-order chi connectivity index (χ1) is 27.2. The van der Waals surface area contributed by atoms with Crippen molar-refractivity contribution in [2.45, 2.75) is 64.7 Å². The van der Waals surface area contributed by atoms with E-state index in [2.05, 4.69) is 183 Å². The molecule has 5 heteroatoms. The number of hydrogen-bond acceptors (Lipinski definition) is 3. The summed E-state index contributed by atoms with van der Waals surface area (Å²) < 4.78 is 21.9. The number of furan rings is 2. The van der Waals surface area contributed by atoms with Crippen LogP contribution in [0.4, 0.5) is 0 Å². The van der Waals surface area contributed by atoms with Crippen molar-refractivity contribution in [3.63, 3.8) is 0 Å². The van der Waals surface area contributed by atoms with Crippen molar-refractivity contribution in [1.29, 1.82) is 0 Å². The summed E-state index contributed by atoms with van der Waals surface area (Å²) in [6, 6.07) is 39.1. The third-order valence-electron chi connectivity index (χ3n) is 11.6. The lowest BCUT2D eigenvalue weighted by Crippen LogP contribution is -2.29. The summed E-state index contributed by atoms with van der Waals surface area (Å²) >= 11 is 8.10. The molecule has 0 fully saturated rings. The minimum atomic E-state index is -0.762. The molecule has 2 aromatic heterocycles. The molecule has 0 saturated carbocycles. The molecule has 0 radical (unpaired) electrons. The van der Waals surface area contributed by atoms with Gasteiger partial charge in [-0.25, -0.2) is 0 Å². The van der Waals surface area contributed by atoms with E-state index in [-0.39, 0.29) is 10.8 Å². The number of benzene rings is 6. The van der Waals surface area contributed by atoms with Crippen molar-refractivity contribution < 1.29 is 13.6 Å². The minimum absolute atomic E-state index is 0.0141. The summed E-state index contributed by atoms with van der Waals surface area (Å²) in [6.07, 6.45) is 5.96. The Hall–Kier alpha value is -5.10. The highest BCUT2D eigenvalue weighted by atomic mass is 79.9. The molecule has 0 spiro atoms. The molecule has 57 heavy (non-hydrogen) atoms. The van der Waals surface area contributed by atoms with Gasteiger partial charge in [-0.2, -0.15) is 0 Å². The highest BCUT2D eigenvalue weighted by Crippen LogP contribution is 2.62. The molecule has 9 rings (SSSR count). The van der Waals surface area contributed by atoms with Crippen LogP contribution in [0.1, 0.15) is 93.2 Å². The van der Waals surface area contributed by atoms with Crippen molar-refractivity contribution in [2.75, 3.05) is 0 Å². The maximum atomic E-state index is 6.93. The first kappa shape index (κ1) is 37.5. The van der Waals surface area contributed by atoms with Crippen molar-refractivity contribution in [3.8, 4) is 22.6 Å². The highest BCUT2D eigenvalue weighted by molar-refractivity contribution is 9.11. The van der Waals surface area contributed by atoms with Gasteiger partial charge in [0.1, 0.15) is 34.0 Å². The van der Waals surface area contributed by atoms with Crippen LogP contribution in [0.15, 0.2) is 140 Å². The average Bonchev–Trinajstić information content (AvgIpc) is 3.84. The molecule has 0 N–H and O–H groups in total. The van der Waals surface area contributed by atoms with Gasteiger partial charge in [0, 0.05) is 37.3 Å². The summed E-state index contributed by atoms with van der Waals surface area (Å²) in [6.45, 7) is 19.6. The van der Waals surface area contributed by atoms with E-state index in [0.717, 1.165) is 98.1 Å². The fraction of sp³-hybridized carbons (Fsp3) is 0.192. The number of allylic oxidation sites excluding steroid dienone is 1. The smallest absolute Gasteiger partial charge is 0.150 e.